The van der Waals surface area contributed by atoms with Crippen molar-refractivity contribution < 1.29 is 68.3 Å². The number of hydrogen-bond acceptors (Lipinski definition) is 14. The number of carbonyl (C=O) groups excluding carboxylic acids is 2. The van der Waals surface area contributed by atoms with Crippen molar-refractivity contribution in [2.24, 2.45) is 11.8 Å². The van der Waals surface area contributed by atoms with E-state index in [9.17, 15) is 35.1 Å². The molecule has 3 fully saturated rings. The van der Waals surface area contributed by atoms with Crippen LogP contribution in [0.2, 0.25) is 0 Å². The Balaban J connectivity index is 1.52. The smallest absolute Gasteiger partial charge is 0.330 e. The number of rotatable bonds is 6. The molecule has 3 saturated heterocycles. The number of epoxide rings is 1. The van der Waals surface area contributed by atoms with Gasteiger partial charge < -0.3 is 58.7 Å². The third kappa shape index (κ3) is 8.99. The van der Waals surface area contributed by atoms with E-state index in [4.69, 9.17) is 33.2 Å². The first-order valence-corrected chi connectivity index (χ1v) is 15.9. The van der Waals surface area contributed by atoms with Crippen LogP contribution in [0.4, 0.5) is 0 Å². The maximum Gasteiger partial charge on any atom is 0.330 e. The van der Waals surface area contributed by atoms with E-state index in [0.29, 0.717) is 0 Å². The number of cyclic esters (lactones) is 1. The second-order valence-electron chi connectivity index (χ2n) is 13.1. The third-order valence-corrected chi connectivity index (χ3v) is 9.33. The molecule has 0 radical (unpaired) electrons. The lowest BCUT2D eigenvalue weighted by Gasteiger charge is -2.41. The van der Waals surface area contributed by atoms with Gasteiger partial charge in [-0.25, -0.2) is 4.79 Å². The minimum Gasteiger partial charge on any atom is -0.459 e. The highest BCUT2D eigenvalue weighted by Gasteiger charge is 2.49. The molecule has 16 atom stereocenters. The molecule has 0 bridgehead atoms. The van der Waals surface area contributed by atoms with Crippen molar-refractivity contribution in [1.82, 2.24) is 0 Å². The number of ether oxygens (including phenoxy) is 7. The monoisotopic (exact) mass is 658 g/mol. The summed E-state index contributed by atoms with van der Waals surface area (Å²) in [6.45, 7) is 8.16. The van der Waals surface area contributed by atoms with Crippen LogP contribution in [-0.4, -0.2) is 136 Å². The summed E-state index contributed by atoms with van der Waals surface area (Å²) in [5.41, 5.74) is -1.76. The van der Waals surface area contributed by atoms with Gasteiger partial charge in [-0.2, -0.15) is 0 Å². The van der Waals surface area contributed by atoms with Gasteiger partial charge in [0.05, 0.1) is 37.1 Å². The van der Waals surface area contributed by atoms with Gasteiger partial charge in [-0.05, 0) is 52.7 Å². The maximum absolute atomic E-state index is 13.1. The van der Waals surface area contributed by atoms with Crippen molar-refractivity contribution in [2.45, 2.75) is 139 Å². The molecule has 46 heavy (non-hydrogen) atoms. The Morgan fingerprint density at radius 1 is 0.913 bits per heavy atom. The standard InChI is InChI=1S/C32H50O14/c1-15-7-10-24(35)43-17(3)19(14-41-31-29(40-6)27(38)25(36)18(4)44-31)28-22(45-28)8-9-23(34)32(5,39)12-11-21(15)46-30-26(37)20(33)13-16(2)42-30/h7-10,15-22,25-31,33,36-39H,11-14H2,1-6H3/b9-8+,10-7+/t15-,16+,17+,18+,19?,20-,21-,22-,25+,26+,27+,28-,29+,30-,31+,32-/m0/s1. The van der Waals surface area contributed by atoms with Crippen LogP contribution in [0.5, 0.6) is 0 Å². The molecular weight excluding hydrogens is 608 g/mol. The molecular formula is C32H50O14. The van der Waals surface area contributed by atoms with Gasteiger partial charge in [-0.15, -0.1) is 0 Å². The zero-order valence-electron chi connectivity index (χ0n) is 27.2. The summed E-state index contributed by atoms with van der Waals surface area (Å²) >= 11 is 0. The molecule has 4 heterocycles. The van der Waals surface area contributed by atoms with E-state index in [1.807, 2.05) is 0 Å². The summed E-state index contributed by atoms with van der Waals surface area (Å²) in [6.07, 6.45) is -5.46. The van der Waals surface area contributed by atoms with E-state index in [-0.39, 0.29) is 32.0 Å². The van der Waals surface area contributed by atoms with Gasteiger partial charge in [0.1, 0.15) is 42.2 Å². The number of methoxy groups -OCH3 is 1. The van der Waals surface area contributed by atoms with Gasteiger partial charge in [0.25, 0.3) is 0 Å². The van der Waals surface area contributed by atoms with Crippen molar-refractivity contribution >= 4 is 11.8 Å². The average molecular weight is 659 g/mol. The Bertz CT molecular complexity index is 1090. The van der Waals surface area contributed by atoms with Crippen LogP contribution in [-0.2, 0) is 42.7 Å². The first-order chi connectivity index (χ1) is 21.6. The molecule has 4 aliphatic rings. The highest BCUT2D eigenvalue weighted by Crippen LogP contribution is 2.36. The molecule has 4 rings (SSSR count). The summed E-state index contributed by atoms with van der Waals surface area (Å²) in [5, 5.41) is 52.5. The van der Waals surface area contributed by atoms with Gasteiger partial charge in [-0.1, -0.05) is 13.0 Å². The highest BCUT2D eigenvalue weighted by atomic mass is 16.7. The van der Waals surface area contributed by atoms with Crippen molar-refractivity contribution in [2.75, 3.05) is 13.7 Å². The minimum atomic E-state index is -1.76. The van der Waals surface area contributed by atoms with Crippen molar-refractivity contribution in [3.8, 4) is 0 Å². The van der Waals surface area contributed by atoms with Crippen LogP contribution in [0.3, 0.4) is 0 Å². The van der Waals surface area contributed by atoms with Crippen LogP contribution in [0.15, 0.2) is 24.3 Å². The lowest BCUT2D eigenvalue weighted by molar-refractivity contribution is -0.301. The summed E-state index contributed by atoms with van der Waals surface area (Å²) < 4.78 is 40.4. The molecule has 1 unspecified atom stereocenters. The van der Waals surface area contributed by atoms with E-state index in [1.165, 1.54) is 32.3 Å². The van der Waals surface area contributed by atoms with Gasteiger partial charge in [-0.3, -0.25) is 4.79 Å². The SMILES string of the molecule is CO[C@H]1[C@H](OCC2[C@@H](C)OC(=O)/C=C/[C@H](C)[C@@H](O[C@@H]3O[C@H](C)C[C@H](O)[C@H]3O)CC[C@](C)(O)C(=O)/C=C/[C@@H]3O[C@@H]23)O[C@H](C)[C@@H](O)[C@H]1O. The number of aliphatic hydroxyl groups excluding tert-OH is 4. The quantitative estimate of drug-likeness (QED) is 0.187. The molecule has 14 nitrogen and oxygen atoms in total. The van der Waals surface area contributed by atoms with Gasteiger partial charge in [0.15, 0.2) is 18.4 Å². The number of hydrogen-bond donors (Lipinski definition) is 5. The molecule has 5 N–H and O–H groups in total. The van der Waals surface area contributed by atoms with E-state index in [1.54, 1.807) is 33.8 Å². The van der Waals surface area contributed by atoms with Gasteiger partial charge in [0.2, 0.25) is 0 Å². The fraction of sp³-hybridized carbons (Fsp3) is 0.812. The molecule has 0 aliphatic carbocycles. The molecule has 262 valence electrons. The van der Waals surface area contributed by atoms with Crippen LogP contribution in [0, 0.1) is 11.8 Å². The second kappa shape index (κ2) is 15.6. The van der Waals surface area contributed by atoms with Crippen molar-refractivity contribution in [3.63, 3.8) is 0 Å². The van der Waals surface area contributed by atoms with Crippen LogP contribution in [0.25, 0.3) is 0 Å². The van der Waals surface area contributed by atoms with E-state index < -0.39 is 103 Å². The number of esters is 1. The predicted molar refractivity (Wildman–Crippen MR) is 159 cm³/mol. The second-order valence-corrected chi connectivity index (χ2v) is 13.1. The fourth-order valence-electron chi connectivity index (χ4n) is 6.06. The Morgan fingerprint density at radius 3 is 2.33 bits per heavy atom. The zero-order chi connectivity index (χ0) is 33.9. The lowest BCUT2D eigenvalue weighted by atomic mass is 9.89. The van der Waals surface area contributed by atoms with E-state index in [2.05, 4.69) is 0 Å². The minimum absolute atomic E-state index is 0.00609. The number of carbonyl (C=O) groups is 2. The van der Waals surface area contributed by atoms with Crippen LogP contribution >= 0.6 is 0 Å². The first kappa shape index (κ1) is 37.0. The molecule has 4 aliphatic heterocycles. The first-order valence-electron chi connectivity index (χ1n) is 15.9. The van der Waals surface area contributed by atoms with E-state index in [0.717, 1.165) is 0 Å². The number of aliphatic hydroxyl groups is 5. The maximum atomic E-state index is 13.1. The summed E-state index contributed by atoms with van der Waals surface area (Å²) in [5.74, 6) is -2.18. The molecule has 0 spiro atoms. The van der Waals surface area contributed by atoms with Gasteiger partial charge >= 0.3 is 5.97 Å². The molecule has 0 aromatic rings. The van der Waals surface area contributed by atoms with E-state index >= 15 is 0 Å². The van der Waals surface area contributed by atoms with Gasteiger partial charge in [0, 0.05) is 31.4 Å². The molecule has 0 amide bonds. The average Bonchev–Trinajstić information content (AvgIpc) is 3.76. The Labute approximate surface area is 269 Å². The van der Waals surface area contributed by atoms with Crippen LogP contribution < -0.4 is 0 Å². The Morgan fingerprint density at radius 2 is 1.63 bits per heavy atom. The zero-order valence-corrected chi connectivity index (χ0v) is 27.2. The normalized spacial score (nSPS) is 49.1. The molecule has 0 saturated carbocycles. The molecule has 0 aromatic heterocycles. The number of fused-ring (bicyclic) bond motifs is 1. The lowest BCUT2D eigenvalue weighted by Crippen LogP contribution is -2.58. The summed E-state index contributed by atoms with van der Waals surface area (Å²) in [6, 6.07) is 0. The third-order valence-electron chi connectivity index (χ3n) is 9.33. The Kier molecular flexibility index (Phi) is 12.5. The summed E-state index contributed by atoms with van der Waals surface area (Å²) in [7, 11) is 1.36. The fourth-order valence-corrected chi connectivity index (χ4v) is 6.06. The largest absolute Gasteiger partial charge is 0.459 e. The highest BCUT2D eigenvalue weighted by molar-refractivity contribution is 5.96. The van der Waals surface area contributed by atoms with Crippen LogP contribution in [0.1, 0.15) is 53.9 Å². The van der Waals surface area contributed by atoms with Crippen molar-refractivity contribution in [1.29, 1.82) is 0 Å². The molecule has 0 aromatic carbocycles. The molecule has 14 heteroatoms. The summed E-state index contributed by atoms with van der Waals surface area (Å²) in [4.78, 5) is 26.0. The topological polar surface area (TPSA) is 203 Å². The van der Waals surface area contributed by atoms with Crippen molar-refractivity contribution in [3.05, 3.63) is 24.3 Å². The predicted octanol–water partition coefficient (Wildman–Crippen LogP) is -0.0958. The Hall–Kier alpha value is -1.82. The number of ketones is 1.